The highest BCUT2D eigenvalue weighted by Gasteiger charge is 2.39. The Bertz CT molecular complexity index is 987. The molecule has 7 heteroatoms. The Labute approximate surface area is 138 Å². The molecule has 1 aromatic carbocycles. The van der Waals surface area contributed by atoms with E-state index in [1.165, 1.54) is 27.6 Å². The van der Waals surface area contributed by atoms with Crippen LogP contribution in [0.15, 0.2) is 36.7 Å². The third-order valence-corrected chi connectivity index (χ3v) is 7.36. The molecule has 2 aliphatic rings. The normalized spacial score (nSPS) is 18.3. The molecule has 3 heterocycles. The monoisotopic (exact) mass is 346 g/mol. The molecule has 118 valence electrons. The zero-order chi connectivity index (χ0) is 16.4. The summed E-state index contributed by atoms with van der Waals surface area (Å²) in [5.41, 5.74) is 3.12. The van der Waals surface area contributed by atoms with Crippen molar-refractivity contribution in [2.45, 2.75) is 12.7 Å². The minimum atomic E-state index is -3.63. The zero-order valence-electron chi connectivity index (χ0n) is 12.6. The van der Waals surface area contributed by atoms with Crippen LogP contribution in [0.25, 0.3) is 9.81 Å². The lowest BCUT2D eigenvalue weighted by atomic mass is 10.1. The lowest BCUT2D eigenvalue weighted by molar-refractivity contribution is 0.0936. The first kappa shape index (κ1) is 14.6. The SMILES string of the molecule is CC(=O)n1cc2c(c1)C1=C(SC2)c2ccccc2N(C)S1(=O)=O. The zero-order valence-corrected chi connectivity index (χ0v) is 14.2. The second-order valence-electron chi connectivity index (χ2n) is 5.56. The first-order chi connectivity index (χ1) is 10.9. The first-order valence-electron chi connectivity index (χ1n) is 7.09. The van der Waals surface area contributed by atoms with Gasteiger partial charge in [0.1, 0.15) is 4.91 Å². The Balaban J connectivity index is 2.06. The predicted octanol–water partition coefficient (Wildman–Crippen LogP) is 3.00. The van der Waals surface area contributed by atoms with E-state index >= 15 is 0 Å². The lowest BCUT2D eigenvalue weighted by Gasteiger charge is -2.32. The molecule has 5 nitrogen and oxygen atoms in total. The number of anilines is 1. The molecule has 0 aliphatic carbocycles. The van der Waals surface area contributed by atoms with Gasteiger partial charge in [-0.3, -0.25) is 13.7 Å². The highest BCUT2D eigenvalue weighted by atomic mass is 32.2. The number of rotatable bonds is 0. The number of para-hydroxylation sites is 1. The summed E-state index contributed by atoms with van der Waals surface area (Å²) in [5, 5.41) is 0. The van der Waals surface area contributed by atoms with E-state index in [4.69, 9.17) is 0 Å². The Morgan fingerprint density at radius 2 is 1.91 bits per heavy atom. The number of sulfonamides is 1. The second-order valence-corrected chi connectivity index (χ2v) is 8.45. The topological polar surface area (TPSA) is 59.4 Å². The molecule has 0 saturated heterocycles. The third-order valence-electron chi connectivity index (χ3n) is 4.20. The van der Waals surface area contributed by atoms with Gasteiger partial charge in [0, 0.05) is 48.1 Å². The van der Waals surface area contributed by atoms with Crippen LogP contribution < -0.4 is 4.31 Å². The van der Waals surface area contributed by atoms with Gasteiger partial charge in [0.2, 0.25) is 5.91 Å². The van der Waals surface area contributed by atoms with Gasteiger partial charge in [0.25, 0.3) is 10.0 Å². The van der Waals surface area contributed by atoms with Crippen molar-refractivity contribution in [3.63, 3.8) is 0 Å². The second kappa shape index (κ2) is 4.75. The van der Waals surface area contributed by atoms with E-state index in [-0.39, 0.29) is 5.91 Å². The van der Waals surface area contributed by atoms with E-state index < -0.39 is 10.0 Å². The molecular weight excluding hydrogens is 332 g/mol. The Kier molecular flexibility index (Phi) is 3.01. The molecule has 0 radical (unpaired) electrons. The largest absolute Gasteiger partial charge is 0.294 e. The average molecular weight is 346 g/mol. The number of hydrogen-bond donors (Lipinski definition) is 0. The number of aromatic nitrogens is 1. The number of thioether (sulfide) groups is 1. The maximum atomic E-state index is 13.0. The third kappa shape index (κ3) is 1.93. The van der Waals surface area contributed by atoms with Crippen LogP contribution >= 0.6 is 11.8 Å². The number of benzene rings is 1. The molecule has 0 bridgehead atoms. The molecule has 23 heavy (non-hydrogen) atoms. The van der Waals surface area contributed by atoms with Crippen LogP contribution in [0, 0.1) is 0 Å². The number of carbonyl (C=O) groups is 1. The van der Waals surface area contributed by atoms with Crippen molar-refractivity contribution in [1.82, 2.24) is 4.57 Å². The van der Waals surface area contributed by atoms with Crippen LogP contribution in [0.5, 0.6) is 0 Å². The molecule has 2 aromatic rings. The number of carbonyl (C=O) groups excluding carboxylic acids is 1. The number of nitrogens with zero attached hydrogens (tertiary/aromatic N) is 2. The van der Waals surface area contributed by atoms with Gasteiger partial charge in [-0.1, -0.05) is 18.2 Å². The van der Waals surface area contributed by atoms with Gasteiger partial charge in [-0.2, -0.15) is 0 Å². The fourth-order valence-corrected chi connectivity index (χ4v) is 6.09. The van der Waals surface area contributed by atoms with Gasteiger partial charge >= 0.3 is 0 Å². The van der Waals surface area contributed by atoms with Crippen molar-refractivity contribution in [3.8, 4) is 0 Å². The van der Waals surface area contributed by atoms with E-state index in [9.17, 15) is 13.2 Å². The van der Waals surface area contributed by atoms with Crippen molar-refractivity contribution in [2.75, 3.05) is 11.4 Å². The molecule has 0 N–H and O–H groups in total. The summed E-state index contributed by atoms with van der Waals surface area (Å²) in [6.45, 7) is 1.46. The summed E-state index contributed by atoms with van der Waals surface area (Å²) in [5.74, 6) is 0.524. The molecule has 0 atom stereocenters. The van der Waals surface area contributed by atoms with Crippen molar-refractivity contribution in [3.05, 3.63) is 53.3 Å². The summed E-state index contributed by atoms with van der Waals surface area (Å²) in [6, 6.07) is 7.50. The maximum Gasteiger partial charge on any atom is 0.265 e. The van der Waals surface area contributed by atoms with E-state index in [0.29, 0.717) is 21.9 Å². The van der Waals surface area contributed by atoms with E-state index in [2.05, 4.69) is 0 Å². The molecule has 1 aromatic heterocycles. The summed E-state index contributed by atoms with van der Waals surface area (Å²) in [6.07, 6.45) is 3.36. The Hall–Kier alpha value is -1.99. The van der Waals surface area contributed by atoms with Crippen molar-refractivity contribution in [1.29, 1.82) is 0 Å². The van der Waals surface area contributed by atoms with Gasteiger partial charge in [0.15, 0.2) is 0 Å². The molecule has 2 aliphatic heterocycles. The molecule has 0 saturated carbocycles. The van der Waals surface area contributed by atoms with E-state index in [1.54, 1.807) is 19.4 Å². The maximum absolute atomic E-state index is 13.0. The minimum Gasteiger partial charge on any atom is -0.294 e. The van der Waals surface area contributed by atoms with Crippen molar-refractivity contribution < 1.29 is 13.2 Å². The van der Waals surface area contributed by atoms with Crippen molar-refractivity contribution >= 4 is 43.2 Å². The van der Waals surface area contributed by atoms with Gasteiger partial charge in [-0.05, 0) is 11.6 Å². The standard InChI is InChI=1S/C16H14N2O3S2/c1-10(19)18-7-11-9-22-15-12-5-3-4-6-14(12)17(2)23(20,21)16(15)13(11)8-18/h3-8H,9H2,1-2H3. The summed E-state index contributed by atoms with van der Waals surface area (Å²) in [7, 11) is -2.07. The van der Waals surface area contributed by atoms with Crippen LogP contribution in [0.4, 0.5) is 5.69 Å². The first-order valence-corrected chi connectivity index (χ1v) is 9.51. The summed E-state index contributed by atoms with van der Waals surface area (Å²) >= 11 is 1.51. The molecule has 0 unspecified atom stereocenters. The lowest BCUT2D eigenvalue weighted by Crippen LogP contribution is -2.32. The summed E-state index contributed by atoms with van der Waals surface area (Å²) < 4.78 is 28.8. The molecule has 0 amide bonds. The van der Waals surface area contributed by atoms with E-state index in [1.807, 2.05) is 24.3 Å². The fraction of sp³-hybridized carbons (Fsp3) is 0.188. The van der Waals surface area contributed by atoms with Crippen molar-refractivity contribution in [2.24, 2.45) is 0 Å². The average Bonchev–Trinajstić information content (AvgIpc) is 2.96. The molecular formula is C16H14N2O3S2. The summed E-state index contributed by atoms with van der Waals surface area (Å²) in [4.78, 5) is 12.7. The fourth-order valence-electron chi connectivity index (χ4n) is 3.00. The predicted molar refractivity (Wildman–Crippen MR) is 92.6 cm³/mol. The number of hydrogen-bond acceptors (Lipinski definition) is 4. The highest BCUT2D eigenvalue weighted by Crippen LogP contribution is 2.52. The van der Waals surface area contributed by atoms with Crippen LogP contribution in [-0.4, -0.2) is 25.9 Å². The molecule has 4 rings (SSSR count). The Morgan fingerprint density at radius 1 is 1.17 bits per heavy atom. The van der Waals surface area contributed by atoms with Crippen LogP contribution in [0.3, 0.4) is 0 Å². The van der Waals surface area contributed by atoms with Crippen LogP contribution in [0.1, 0.15) is 28.4 Å². The smallest absolute Gasteiger partial charge is 0.265 e. The van der Waals surface area contributed by atoms with Gasteiger partial charge < -0.3 is 0 Å². The quantitative estimate of drug-likeness (QED) is 0.736. The van der Waals surface area contributed by atoms with Gasteiger partial charge in [0.05, 0.1) is 5.69 Å². The van der Waals surface area contributed by atoms with Crippen LogP contribution in [0.2, 0.25) is 0 Å². The highest BCUT2D eigenvalue weighted by molar-refractivity contribution is 8.11. The molecule has 0 fully saturated rings. The Morgan fingerprint density at radius 3 is 2.65 bits per heavy atom. The van der Waals surface area contributed by atoms with Gasteiger partial charge in [-0.25, -0.2) is 8.42 Å². The van der Waals surface area contributed by atoms with E-state index in [0.717, 1.165) is 16.0 Å². The minimum absolute atomic E-state index is 0.131. The van der Waals surface area contributed by atoms with Gasteiger partial charge in [-0.15, -0.1) is 11.8 Å². The molecule has 0 spiro atoms. The number of fused-ring (bicyclic) bond motifs is 4. The van der Waals surface area contributed by atoms with Crippen LogP contribution in [-0.2, 0) is 15.8 Å².